The van der Waals surface area contributed by atoms with Crippen molar-refractivity contribution in [1.29, 1.82) is 0 Å². The van der Waals surface area contributed by atoms with E-state index in [2.05, 4.69) is 10.6 Å². The van der Waals surface area contributed by atoms with E-state index in [9.17, 15) is 18.0 Å². The highest BCUT2D eigenvalue weighted by Gasteiger charge is 2.24. The van der Waals surface area contributed by atoms with Crippen molar-refractivity contribution in [3.8, 4) is 0 Å². The first kappa shape index (κ1) is 30.3. The van der Waals surface area contributed by atoms with Gasteiger partial charge in [0.1, 0.15) is 12.6 Å². The van der Waals surface area contributed by atoms with Crippen LogP contribution in [0.5, 0.6) is 0 Å². The summed E-state index contributed by atoms with van der Waals surface area (Å²) >= 11 is 0. The van der Waals surface area contributed by atoms with Crippen molar-refractivity contribution in [2.45, 2.75) is 42.8 Å². The van der Waals surface area contributed by atoms with Crippen molar-refractivity contribution in [2.24, 2.45) is 0 Å². The van der Waals surface area contributed by atoms with E-state index in [1.54, 1.807) is 18.2 Å². The number of alkyl carbamates (subject to hydrolysis) is 1. The summed E-state index contributed by atoms with van der Waals surface area (Å²) in [5.41, 5.74) is 2.73. The minimum atomic E-state index is -3.72. The summed E-state index contributed by atoms with van der Waals surface area (Å²) in [4.78, 5) is 26.5. The zero-order valence-electron chi connectivity index (χ0n) is 23.1. The molecule has 0 saturated carbocycles. The van der Waals surface area contributed by atoms with Crippen molar-refractivity contribution < 1.29 is 22.7 Å². The summed E-state index contributed by atoms with van der Waals surface area (Å²) in [7, 11) is -3.72. The standard InChI is InChI=1S/C34H34N2O5S/c37-33(32(25-28-15-7-2-8-16-28)36-34(38)41-26-29-17-9-3-10-18-29)35-30(22-21-27-13-5-1-6-14-27)23-24-42(39,40)31-19-11-4-12-20-31/h1-20,23-24,30,32H,21-22,25-26H2,(H,35,37)(H,36,38)/t30-,32?/m0/s1. The number of rotatable bonds is 13. The Balaban J connectivity index is 1.50. The molecule has 0 saturated heterocycles. The Kier molecular flexibility index (Phi) is 11.1. The SMILES string of the molecule is O=C(NC(Cc1ccccc1)C(=O)N[C@H](C=CS(=O)(=O)c1ccccc1)CCc1ccccc1)OCc1ccccc1. The summed E-state index contributed by atoms with van der Waals surface area (Å²) in [5, 5.41) is 6.78. The maximum Gasteiger partial charge on any atom is 0.408 e. The maximum absolute atomic E-state index is 13.6. The second kappa shape index (κ2) is 15.3. The number of ether oxygens (including phenoxy) is 1. The summed E-state index contributed by atoms with van der Waals surface area (Å²) in [6.45, 7) is 0.0616. The molecular weight excluding hydrogens is 548 g/mol. The molecule has 0 fully saturated rings. The van der Waals surface area contributed by atoms with Crippen LogP contribution in [0, 0.1) is 0 Å². The van der Waals surface area contributed by atoms with E-state index in [1.165, 1.54) is 18.2 Å². The van der Waals surface area contributed by atoms with Gasteiger partial charge in [-0.15, -0.1) is 0 Å². The Morgan fingerprint density at radius 3 is 1.81 bits per heavy atom. The van der Waals surface area contributed by atoms with Crippen molar-refractivity contribution in [2.75, 3.05) is 0 Å². The molecule has 0 bridgehead atoms. The topological polar surface area (TPSA) is 102 Å². The summed E-state index contributed by atoms with van der Waals surface area (Å²) in [5.74, 6) is -0.449. The number of sulfone groups is 1. The van der Waals surface area contributed by atoms with Gasteiger partial charge in [0.05, 0.1) is 4.90 Å². The average Bonchev–Trinajstić information content (AvgIpc) is 3.03. The average molecular weight is 583 g/mol. The van der Waals surface area contributed by atoms with Gasteiger partial charge in [-0.3, -0.25) is 4.79 Å². The highest BCUT2D eigenvalue weighted by atomic mass is 32.2. The van der Waals surface area contributed by atoms with Crippen molar-refractivity contribution in [1.82, 2.24) is 10.6 Å². The summed E-state index contributed by atoms with van der Waals surface area (Å²) in [6.07, 6.45) is 2.06. The molecule has 2 atom stereocenters. The van der Waals surface area contributed by atoms with Crippen molar-refractivity contribution in [3.05, 3.63) is 150 Å². The van der Waals surface area contributed by atoms with E-state index in [0.29, 0.717) is 12.8 Å². The van der Waals surface area contributed by atoms with E-state index in [1.807, 2.05) is 91.0 Å². The third-order valence-corrected chi connectivity index (χ3v) is 8.02. The predicted octanol–water partition coefficient (Wildman–Crippen LogP) is 5.63. The fraction of sp³-hybridized carbons (Fsp3) is 0.176. The number of hydrogen-bond donors (Lipinski definition) is 2. The maximum atomic E-state index is 13.6. The molecule has 0 aromatic heterocycles. The van der Waals surface area contributed by atoms with Crippen LogP contribution in [-0.4, -0.2) is 32.5 Å². The molecule has 0 radical (unpaired) electrons. The van der Waals surface area contributed by atoms with Gasteiger partial charge in [0, 0.05) is 17.9 Å². The largest absolute Gasteiger partial charge is 0.445 e. The highest BCUT2D eigenvalue weighted by Crippen LogP contribution is 2.14. The van der Waals surface area contributed by atoms with Crippen LogP contribution in [0.15, 0.2) is 138 Å². The minimum absolute atomic E-state index is 0.0616. The lowest BCUT2D eigenvalue weighted by Crippen LogP contribution is -2.50. The monoisotopic (exact) mass is 582 g/mol. The molecule has 0 spiro atoms. The number of amides is 2. The third-order valence-electron chi connectivity index (χ3n) is 6.58. The Morgan fingerprint density at radius 1 is 0.690 bits per heavy atom. The van der Waals surface area contributed by atoms with E-state index < -0.39 is 33.9 Å². The summed E-state index contributed by atoms with van der Waals surface area (Å²) < 4.78 is 31.2. The van der Waals surface area contributed by atoms with Crippen LogP contribution < -0.4 is 10.6 Å². The van der Waals surface area contributed by atoms with E-state index in [0.717, 1.165) is 22.1 Å². The minimum Gasteiger partial charge on any atom is -0.445 e. The van der Waals surface area contributed by atoms with Crippen LogP contribution in [0.1, 0.15) is 23.1 Å². The molecule has 42 heavy (non-hydrogen) atoms. The zero-order valence-corrected chi connectivity index (χ0v) is 24.0. The molecule has 1 unspecified atom stereocenters. The van der Waals surface area contributed by atoms with Gasteiger partial charge in [0.2, 0.25) is 5.91 Å². The summed E-state index contributed by atoms with van der Waals surface area (Å²) in [6, 6.07) is 34.9. The smallest absolute Gasteiger partial charge is 0.408 e. The van der Waals surface area contributed by atoms with Gasteiger partial charge in [-0.05, 0) is 41.7 Å². The van der Waals surface area contributed by atoms with Crippen LogP contribution >= 0.6 is 0 Å². The first-order valence-electron chi connectivity index (χ1n) is 13.7. The van der Waals surface area contributed by atoms with Crippen LogP contribution in [0.4, 0.5) is 4.79 Å². The molecule has 4 aromatic rings. The fourth-order valence-electron chi connectivity index (χ4n) is 4.32. The lowest BCUT2D eigenvalue weighted by Gasteiger charge is -2.22. The molecule has 4 rings (SSSR count). The molecule has 8 heteroatoms. The molecule has 7 nitrogen and oxygen atoms in total. The predicted molar refractivity (Wildman–Crippen MR) is 163 cm³/mol. The van der Waals surface area contributed by atoms with Gasteiger partial charge < -0.3 is 15.4 Å². The van der Waals surface area contributed by atoms with Crippen LogP contribution in [0.2, 0.25) is 0 Å². The second-order valence-electron chi connectivity index (χ2n) is 9.77. The van der Waals surface area contributed by atoms with E-state index in [-0.39, 0.29) is 17.9 Å². The Hall–Kier alpha value is -4.69. The molecule has 0 aliphatic heterocycles. The lowest BCUT2D eigenvalue weighted by atomic mass is 10.0. The van der Waals surface area contributed by atoms with Gasteiger partial charge in [-0.2, -0.15) is 0 Å². The third kappa shape index (κ3) is 9.74. The molecule has 0 heterocycles. The van der Waals surface area contributed by atoms with Gasteiger partial charge >= 0.3 is 6.09 Å². The van der Waals surface area contributed by atoms with Gasteiger partial charge in [-0.25, -0.2) is 13.2 Å². The van der Waals surface area contributed by atoms with Gasteiger partial charge in [-0.1, -0.05) is 115 Å². The van der Waals surface area contributed by atoms with Gasteiger partial charge in [0.15, 0.2) is 9.84 Å². The Labute approximate surface area is 247 Å². The molecule has 4 aromatic carbocycles. The second-order valence-corrected chi connectivity index (χ2v) is 11.6. The molecule has 2 amide bonds. The number of aryl methyl sites for hydroxylation is 1. The molecule has 216 valence electrons. The Morgan fingerprint density at radius 2 is 1.21 bits per heavy atom. The van der Waals surface area contributed by atoms with Crippen LogP contribution in [0.3, 0.4) is 0 Å². The van der Waals surface area contributed by atoms with E-state index in [4.69, 9.17) is 4.74 Å². The number of carbonyl (C=O) groups is 2. The molecule has 0 aliphatic carbocycles. The molecule has 0 aliphatic rings. The first-order chi connectivity index (χ1) is 20.4. The van der Waals surface area contributed by atoms with Crippen LogP contribution in [0.25, 0.3) is 0 Å². The van der Waals surface area contributed by atoms with Gasteiger partial charge in [0.25, 0.3) is 0 Å². The quantitative estimate of drug-likeness (QED) is 0.213. The number of carbonyl (C=O) groups excluding carboxylic acids is 2. The van der Waals surface area contributed by atoms with E-state index >= 15 is 0 Å². The highest BCUT2D eigenvalue weighted by molar-refractivity contribution is 7.94. The number of hydrogen-bond acceptors (Lipinski definition) is 5. The number of benzene rings is 4. The first-order valence-corrected chi connectivity index (χ1v) is 15.3. The Bertz CT molecular complexity index is 1550. The molecular formula is C34H34N2O5S. The van der Waals surface area contributed by atoms with Crippen molar-refractivity contribution in [3.63, 3.8) is 0 Å². The van der Waals surface area contributed by atoms with Crippen LogP contribution in [-0.2, 0) is 38.8 Å². The zero-order chi connectivity index (χ0) is 29.6. The lowest BCUT2D eigenvalue weighted by molar-refractivity contribution is -0.123. The van der Waals surface area contributed by atoms with Crippen molar-refractivity contribution >= 4 is 21.8 Å². The molecule has 2 N–H and O–H groups in total. The number of nitrogens with one attached hydrogen (secondary N) is 2. The fourth-order valence-corrected chi connectivity index (χ4v) is 5.41. The normalized spacial score (nSPS) is 12.8.